The molecule has 1 atom stereocenters. The maximum atomic E-state index is 12.5. The second kappa shape index (κ2) is 7.40. The van der Waals surface area contributed by atoms with Gasteiger partial charge in [-0.2, -0.15) is 0 Å². The highest BCUT2D eigenvalue weighted by Gasteiger charge is 2.26. The van der Waals surface area contributed by atoms with E-state index in [-0.39, 0.29) is 12.0 Å². The molecule has 24 heavy (non-hydrogen) atoms. The number of hydrogen-bond acceptors (Lipinski definition) is 5. The maximum absolute atomic E-state index is 12.5. The molecule has 0 aliphatic carbocycles. The number of anilines is 1. The van der Waals surface area contributed by atoms with Gasteiger partial charge in [-0.05, 0) is 18.9 Å². The van der Waals surface area contributed by atoms with Crippen LogP contribution in [0.25, 0.3) is 0 Å². The van der Waals surface area contributed by atoms with Crippen molar-refractivity contribution in [1.29, 1.82) is 0 Å². The summed E-state index contributed by atoms with van der Waals surface area (Å²) >= 11 is 0. The number of benzene rings is 1. The highest BCUT2D eigenvalue weighted by molar-refractivity contribution is 5.76. The van der Waals surface area contributed by atoms with Crippen molar-refractivity contribution < 1.29 is 9.53 Å². The van der Waals surface area contributed by atoms with E-state index in [1.54, 1.807) is 13.0 Å². The number of ether oxygens (including phenoxy) is 1. The van der Waals surface area contributed by atoms with Gasteiger partial charge in [0.25, 0.3) is 0 Å². The monoisotopic (exact) mass is 326 g/mol. The number of aryl methyl sites for hydroxylation is 2. The molecule has 1 aromatic heterocycles. The molecule has 3 rings (SSSR count). The number of amides is 1. The summed E-state index contributed by atoms with van der Waals surface area (Å²) < 4.78 is 5.78. The van der Waals surface area contributed by atoms with Gasteiger partial charge < -0.3 is 15.4 Å². The average Bonchev–Trinajstić information content (AvgIpc) is 2.60. The van der Waals surface area contributed by atoms with E-state index in [0.717, 1.165) is 12.1 Å². The topological polar surface area (TPSA) is 81.3 Å². The summed E-state index contributed by atoms with van der Waals surface area (Å²) in [5.74, 6) is 1.18. The highest BCUT2D eigenvalue weighted by Crippen LogP contribution is 2.22. The van der Waals surface area contributed by atoms with Crippen LogP contribution in [0.1, 0.15) is 29.6 Å². The number of nitrogens with two attached hydrogens (primary N) is 1. The number of carbonyl (C=O) groups excluding carboxylic acids is 1. The van der Waals surface area contributed by atoms with Gasteiger partial charge in [-0.25, -0.2) is 9.97 Å². The summed E-state index contributed by atoms with van der Waals surface area (Å²) in [6, 6.07) is 11.8. The first-order chi connectivity index (χ1) is 11.6. The minimum atomic E-state index is -0.247. The third kappa shape index (κ3) is 4.08. The second-order valence-electron chi connectivity index (χ2n) is 5.95. The molecule has 0 saturated carbocycles. The van der Waals surface area contributed by atoms with Gasteiger partial charge in [0.1, 0.15) is 17.7 Å². The Morgan fingerprint density at radius 2 is 2.12 bits per heavy atom. The predicted octanol–water partition coefficient (Wildman–Crippen LogP) is 1.90. The zero-order chi connectivity index (χ0) is 16.9. The van der Waals surface area contributed by atoms with Gasteiger partial charge in [0, 0.05) is 19.0 Å². The van der Waals surface area contributed by atoms with Crippen LogP contribution in [0.3, 0.4) is 0 Å². The lowest BCUT2D eigenvalue weighted by atomic mass is 10.1. The summed E-state index contributed by atoms with van der Waals surface area (Å²) in [4.78, 5) is 22.8. The third-order valence-electron chi connectivity index (χ3n) is 4.10. The zero-order valence-electron chi connectivity index (χ0n) is 13.8. The van der Waals surface area contributed by atoms with Crippen LogP contribution in [0.4, 0.5) is 5.82 Å². The maximum Gasteiger partial charge on any atom is 0.223 e. The van der Waals surface area contributed by atoms with Crippen molar-refractivity contribution in [2.45, 2.75) is 25.9 Å². The van der Waals surface area contributed by atoms with Gasteiger partial charge in [-0.3, -0.25) is 4.79 Å². The van der Waals surface area contributed by atoms with Gasteiger partial charge in [0.15, 0.2) is 0 Å². The van der Waals surface area contributed by atoms with Crippen LogP contribution in [0, 0.1) is 6.92 Å². The van der Waals surface area contributed by atoms with Crippen molar-refractivity contribution in [3.63, 3.8) is 0 Å². The first-order valence-electron chi connectivity index (χ1n) is 8.16. The largest absolute Gasteiger partial charge is 0.384 e. The number of carbonyl (C=O) groups is 1. The van der Waals surface area contributed by atoms with Crippen LogP contribution >= 0.6 is 0 Å². The van der Waals surface area contributed by atoms with Crippen molar-refractivity contribution in [2.75, 3.05) is 25.4 Å². The van der Waals surface area contributed by atoms with Crippen molar-refractivity contribution in [3.05, 3.63) is 53.5 Å². The molecule has 0 bridgehead atoms. The number of hydrogen-bond donors (Lipinski definition) is 1. The van der Waals surface area contributed by atoms with Crippen LogP contribution < -0.4 is 5.73 Å². The standard InChI is InChI=1S/C18H22N4O2/c1-13-20-15(11-17(19)21-13)16-12-22(9-10-24-16)18(23)8-7-14-5-3-2-4-6-14/h2-6,11,16H,7-10,12H2,1H3,(H2,19,20,21)/t16-/m1/s1. The zero-order valence-corrected chi connectivity index (χ0v) is 13.8. The molecular formula is C18H22N4O2. The van der Waals surface area contributed by atoms with E-state index in [1.165, 1.54) is 5.56 Å². The lowest BCUT2D eigenvalue weighted by molar-refractivity contribution is -0.139. The van der Waals surface area contributed by atoms with E-state index >= 15 is 0 Å². The molecule has 2 heterocycles. The van der Waals surface area contributed by atoms with Crippen LogP contribution in [0.5, 0.6) is 0 Å². The summed E-state index contributed by atoms with van der Waals surface area (Å²) in [5.41, 5.74) is 7.70. The van der Waals surface area contributed by atoms with Crippen molar-refractivity contribution >= 4 is 11.7 Å². The Hall–Kier alpha value is -2.47. The molecule has 0 radical (unpaired) electrons. The molecule has 2 aromatic rings. The fourth-order valence-corrected chi connectivity index (χ4v) is 2.89. The smallest absolute Gasteiger partial charge is 0.223 e. The van der Waals surface area contributed by atoms with Crippen molar-refractivity contribution in [2.24, 2.45) is 0 Å². The van der Waals surface area contributed by atoms with Gasteiger partial charge in [-0.1, -0.05) is 30.3 Å². The molecule has 1 saturated heterocycles. The van der Waals surface area contributed by atoms with Gasteiger partial charge in [0.2, 0.25) is 5.91 Å². The number of nitrogens with zero attached hydrogens (tertiary/aromatic N) is 3. The SMILES string of the molecule is Cc1nc(N)cc([C@H]2CN(C(=O)CCc3ccccc3)CCO2)n1. The quantitative estimate of drug-likeness (QED) is 0.928. The molecule has 0 spiro atoms. The Morgan fingerprint density at radius 3 is 2.88 bits per heavy atom. The third-order valence-corrected chi connectivity index (χ3v) is 4.10. The molecule has 2 N–H and O–H groups in total. The van der Waals surface area contributed by atoms with E-state index < -0.39 is 0 Å². The Kier molecular flexibility index (Phi) is 5.05. The molecule has 6 heteroatoms. The number of morpholine rings is 1. The van der Waals surface area contributed by atoms with Crippen LogP contribution in [-0.2, 0) is 16.0 Å². The molecule has 1 aliphatic heterocycles. The molecule has 0 unspecified atom stereocenters. The van der Waals surface area contributed by atoms with E-state index in [1.807, 2.05) is 35.2 Å². The van der Waals surface area contributed by atoms with Gasteiger partial charge >= 0.3 is 0 Å². The molecule has 1 aliphatic rings. The van der Waals surface area contributed by atoms with Gasteiger partial charge in [-0.15, -0.1) is 0 Å². The molecule has 6 nitrogen and oxygen atoms in total. The fourth-order valence-electron chi connectivity index (χ4n) is 2.89. The van der Waals surface area contributed by atoms with E-state index in [9.17, 15) is 4.79 Å². The molecular weight excluding hydrogens is 304 g/mol. The predicted molar refractivity (Wildman–Crippen MR) is 91.2 cm³/mol. The van der Waals surface area contributed by atoms with E-state index in [0.29, 0.717) is 37.8 Å². The lowest BCUT2D eigenvalue weighted by Crippen LogP contribution is -2.42. The summed E-state index contributed by atoms with van der Waals surface area (Å²) in [7, 11) is 0. The Balaban J connectivity index is 1.61. The molecule has 1 amide bonds. The summed E-state index contributed by atoms with van der Waals surface area (Å²) in [6.07, 6.45) is 1.01. The number of aromatic nitrogens is 2. The minimum Gasteiger partial charge on any atom is -0.384 e. The van der Waals surface area contributed by atoms with Crippen molar-refractivity contribution in [1.82, 2.24) is 14.9 Å². The fraction of sp³-hybridized carbons (Fsp3) is 0.389. The van der Waals surface area contributed by atoms with E-state index in [2.05, 4.69) is 9.97 Å². The summed E-state index contributed by atoms with van der Waals surface area (Å²) in [6.45, 7) is 3.42. The van der Waals surface area contributed by atoms with Crippen LogP contribution in [0.15, 0.2) is 36.4 Å². The Bertz CT molecular complexity index is 685. The van der Waals surface area contributed by atoms with Crippen LogP contribution in [-0.4, -0.2) is 40.5 Å². The molecule has 126 valence electrons. The number of rotatable bonds is 4. The van der Waals surface area contributed by atoms with Crippen molar-refractivity contribution in [3.8, 4) is 0 Å². The second-order valence-corrected chi connectivity index (χ2v) is 5.95. The Labute approximate surface area is 141 Å². The minimum absolute atomic E-state index is 0.144. The van der Waals surface area contributed by atoms with Crippen LogP contribution in [0.2, 0.25) is 0 Å². The van der Waals surface area contributed by atoms with E-state index in [4.69, 9.17) is 10.5 Å². The first kappa shape index (κ1) is 16.4. The lowest BCUT2D eigenvalue weighted by Gasteiger charge is -2.33. The normalized spacial score (nSPS) is 17.7. The highest BCUT2D eigenvalue weighted by atomic mass is 16.5. The summed E-state index contributed by atoms with van der Waals surface area (Å²) in [5, 5.41) is 0. The molecule has 1 fully saturated rings. The van der Waals surface area contributed by atoms with Gasteiger partial charge in [0.05, 0.1) is 18.8 Å². The molecule has 1 aromatic carbocycles. The average molecular weight is 326 g/mol. The first-order valence-corrected chi connectivity index (χ1v) is 8.16. The number of nitrogen functional groups attached to an aromatic ring is 1. The Morgan fingerprint density at radius 1 is 1.33 bits per heavy atom.